The fourth-order valence-corrected chi connectivity index (χ4v) is 10.0. The zero-order chi connectivity index (χ0) is 55.6. The fourth-order valence-electron chi connectivity index (χ4n) is 8.96. The average molecular weight is 1090 g/mol. The lowest BCUT2D eigenvalue weighted by Crippen LogP contribution is -2.61. The molecule has 0 bridgehead atoms. The summed E-state index contributed by atoms with van der Waals surface area (Å²) in [7, 11) is 0. The van der Waals surface area contributed by atoms with E-state index in [-0.39, 0.29) is 48.8 Å². The summed E-state index contributed by atoms with van der Waals surface area (Å²) in [5, 5.41) is 37.8. The number of imide groups is 1. The predicted octanol–water partition coefficient (Wildman–Crippen LogP) is -4.13. The fraction of sp³-hybridized carbons (Fsp3) is 0.596. The van der Waals surface area contributed by atoms with Gasteiger partial charge in [-0.2, -0.15) is 12.6 Å². The van der Waals surface area contributed by atoms with Crippen LogP contribution in [0.25, 0.3) is 10.9 Å². The number of amides is 11. The summed E-state index contributed by atoms with van der Waals surface area (Å²) in [6, 6.07) is -2.87. The van der Waals surface area contributed by atoms with Crippen LogP contribution in [0.5, 0.6) is 5.75 Å². The van der Waals surface area contributed by atoms with E-state index in [9.17, 15) is 67.5 Å². The van der Waals surface area contributed by atoms with Crippen LogP contribution in [-0.2, 0) is 70.3 Å². The molecule has 3 aliphatic rings. The minimum Gasteiger partial charge on any atom is -0.610 e. The molecular weight excluding hydrogens is 1020 g/mol. The van der Waals surface area contributed by atoms with Crippen LogP contribution in [0.2, 0.25) is 0 Å². The number of likely N-dealkylation sites (tertiary alicyclic amines) is 1. The second kappa shape index (κ2) is 25.8. The molecule has 0 spiro atoms. The molecule has 3 aliphatic heterocycles. The summed E-state index contributed by atoms with van der Waals surface area (Å²) in [4.78, 5) is 153. The summed E-state index contributed by atoms with van der Waals surface area (Å²) in [6.45, 7) is 4.85. The van der Waals surface area contributed by atoms with Crippen LogP contribution >= 0.6 is 12.6 Å². The zero-order valence-electron chi connectivity index (χ0n) is 42.4. The number of hydrogen-bond acceptors (Lipinski definition) is 16. The van der Waals surface area contributed by atoms with Crippen LogP contribution in [0, 0.1) is 11.8 Å². The molecule has 4 heterocycles. The Morgan fingerprint density at radius 3 is 2.16 bits per heavy atom. The number of nitrogens with two attached hydrogens (primary N) is 1. The molecular formula is C47H67N11O15S2. The van der Waals surface area contributed by atoms with Crippen molar-refractivity contribution < 1.29 is 72.2 Å². The molecule has 28 heteroatoms. The number of H-pyrrole nitrogens is 1. The van der Waals surface area contributed by atoms with E-state index in [4.69, 9.17) is 10.5 Å². The van der Waals surface area contributed by atoms with Crippen molar-refractivity contribution in [2.45, 2.75) is 125 Å². The van der Waals surface area contributed by atoms with Gasteiger partial charge >= 0.3 is 0 Å². The average Bonchev–Trinajstić information content (AvgIpc) is 4.07. The maximum Gasteiger partial charge on any atom is 0.246 e. The highest BCUT2D eigenvalue weighted by Gasteiger charge is 2.46. The quantitative estimate of drug-likeness (QED) is 0.0486. The van der Waals surface area contributed by atoms with Gasteiger partial charge in [0.25, 0.3) is 0 Å². The van der Waals surface area contributed by atoms with E-state index in [0.717, 1.165) is 9.80 Å². The number of aliphatic hydroxyl groups excluding tert-OH is 2. The smallest absolute Gasteiger partial charge is 0.246 e. The van der Waals surface area contributed by atoms with Gasteiger partial charge in [0.1, 0.15) is 48.8 Å². The van der Waals surface area contributed by atoms with Crippen molar-refractivity contribution in [3.63, 3.8) is 0 Å². The molecule has 26 nitrogen and oxygen atoms in total. The number of fused-ring (bicyclic) bond motifs is 2. The summed E-state index contributed by atoms with van der Waals surface area (Å²) >= 11 is 2.42. The largest absolute Gasteiger partial charge is 0.610 e. The van der Waals surface area contributed by atoms with Gasteiger partial charge in [-0.1, -0.05) is 27.2 Å². The number of benzene rings is 1. The summed E-state index contributed by atoms with van der Waals surface area (Å²) in [6.07, 6.45) is -0.840. The number of carbonyl (C=O) groups is 11. The number of aromatic nitrogens is 1. The molecule has 1 aromatic carbocycles. The first kappa shape index (κ1) is 59.4. The molecule has 1 aromatic heterocycles. The summed E-state index contributed by atoms with van der Waals surface area (Å²) < 4.78 is 19.5. The van der Waals surface area contributed by atoms with Gasteiger partial charge in [-0.05, 0) is 44.7 Å². The lowest BCUT2D eigenvalue weighted by Gasteiger charge is -2.33. The number of aliphatic hydroxyl groups is 2. The van der Waals surface area contributed by atoms with E-state index in [1.54, 1.807) is 45.9 Å². The van der Waals surface area contributed by atoms with Crippen molar-refractivity contribution in [1.29, 1.82) is 0 Å². The van der Waals surface area contributed by atoms with Gasteiger partial charge in [-0.3, -0.25) is 57.6 Å². The minimum absolute atomic E-state index is 0.0309. The van der Waals surface area contributed by atoms with Gasteiger partial charge in [0.05, 0.1) is 55.1 Å². The molecule has 11 amide bonds. The van der Waals surface area contributed by atoms with Crippen LogP contribution in [0.3, 0.4) is 0 Å². The topological polar surface area (TPSA) is 393 Å². The van der Waals surface area contributed by atoms with Crippen molar-refractivity contribution in [3.05, 3.63) is 23.8 Å². The first-order valence-corrected chi connectivity index (χ1v) is 26.4. The van der Waals surface area contributed by atoms with E-state index in [1.807, 2.05) is 0 Å². The third kappa shape index (κ3) is 14.9. The maximum absolute atomic E-state index is 14.6. The standard InChI is InChI=1S/C47H67N11O15S2/c1-7-22(2)38-42(68)51-17-34(62)49-18-35(63)52-29(15-33(48)61)45(70)57-12-8-9-30(57)41(67)56-39(23(3)31(60)20-59)43(69)53-28(40(66)50-19-36(64)55-38)14-26-25-11-10-24(13-27(25)54-44(26)75(6)72)73-21-47(4,5)58-37(65)16-32(74)46(58)71/h10-11,13,22-23,28-32,38-39,54,59-60,74H,7-9,12,14-21H2,1-6H3,(H2,48,61)(H,49,62)(H,50,66)(H,51,68)(H,52,63)(H,53,69)(H,55,64)(H,56,67)/t22-,23-,28-,29-,30-,31-,32?,38-,39-,75?/m0/s1. The number of thiol groups is 1. The van der Waals surface area contributed by atoms with Gasteiger partial charge in [-0.25, -0.2) is 0 Å². The van der Waals surface area contributed by atoms with Gasteiger partial charge in [0, 0.05) is 53.5 Å². The Kier molecular flexibility index (Phi) is 20.5. The summed E-state index contributed by atoms with van der Waals surface area (Å²) in [5.74, 6) is -10.7. The normalized spacial score (nSPS) is 25.1. The Morgan fingerprint density at radius 2 is 1.53 bits per heavy atom. The van der Waals surface area contributed by atoms with Crippen molar-refractivity contribution >= 4 is 99.7 Å². The number of aromatic amines is 1. The number of primary amides is 1. The van der Waals surface area contributed by atoms with Crippen LogP contribution in [0.1, 0.15) is 72.3 Å². The van der Waals surface area contributed by atoms with Gasteiger partial charge in [0.15, 0.2) is 0 Å². The van der Waals surface area contributed by atoms with Crippen molar-refractivity contribution in [1.82, 2.24) is 52.0 Å². The molecule has 5 rings (SSSR count). The molecule has 12 N–H and O–H groups in total. The van der Waals surface area contributed by atoms with Crippen LogP contribution in [-0.4, -0.2) is 187 Å². The Hall–Kier alpha value is -6.49. The molecule has 2 aromatic rings. The first-order valence-electron chi connectivity index (χ1n) is 24.3. The second-order valence-corrected chi connectivity index (χ2v) is 21.4. The zero-order valence-corrected chi connectivity index (χ0v) is 44.2. The molecule has 0 radical (unpaired) electrons. The third-order valence-corrected chi connectivity index (χ3v) is 14.7. The van der Waals surface area contributed by atoms with Gasteiger partial charge < -0.3 is 72.3 Å². The van der Waals surface area contributed by atoms with Crippen molar-refractivity contribution in [3.8, 4) is 5.75 Å². The molecule has 0 saturated carbocycles. The van der Waals surface area contributed by atoms with E-state index in [0.29, 0.717) is 17.3 Å². The second-order valence-electron chi connectivity index (χ2n) is 19.5. The minimum atomic E-state index is -1.79. The Bertz CT molecular complexity index is 2540. The number of hydrogen-bond donors (Lipinski definition) is 12. The number of rotatable bonds is 14. The lowest BCUT2D eigenvalue weighted by molar-refractivity contribution is -0.145. The number of carbonyl (C=O) groups excluding carboxylic acids is 11. The predicted molar refractivity (Wildman–Crippen MR) is 270 cm³/mol. The SMILES string of the molecule is CC[C@H](C)[C@@H]1NC(=O)CNC(=O)[C@H](Cc2c([S+](C)[O-])[nH]c3cc(OCC(C)(C)N4C(=O)CC(S)C4=O)ccc23)NC(=O)[C@H]([C@@H](C)[C@@H](O)CO)NC(=O)[C@@H]2CCCN2C(=O)[C@H](CC(N)=O)NC(=O)CNC(=O)CNC1=O. The van der Waals surface area contributed by atoms with E-state index < -0.39 is 174 Å². The molecule has 2 unspecified atom stereocenters. The molecule has 3 saturated heterocycles. The van der Waals surface area contributed by atoms with E-state index in [2.05, 4.69) is 54.8 Å². The van der Waals surface area contributed by atoms with Crippen LogP contribution < -0.4 is 47.7 Å². The molecule has 412 valence electrons. The summed E-state index contributed by atoms with van der Waals surface area (Å²) in [5.41, 5.74) is 4.96. The van der Waals surface area contributed by atoms with Crippen LogP contribution in [0.15, 0.2) is 23.2 Å². The first-order chi connectivity index (χ1) is 35.3. The van der Waals surface area contributed by atoms with E-state index >= 15 is 0 Å². The van der Waals surface area contributed by atoms with E-state index in [1.165, 1.54) is 13.2 Å². The molecule has 75 heavy (non-hydrogen) atoms. The molecule has 3 fully saturated rings. The Balaban J connectivity index is 1.53. The van der Waals surface area contributed by atoms with Gasteiger partial charge in [-0.15, -0.1) is 0 Å². The van der Waals surface area contributed by atoms with Crippen LogP contribution in [0.4, 0.5) is 0 Å². The highest BCUT2D eigenvalue weighted by Crippen LogP contribution is 2.32. The highest BCUT2D eigenvalue weighted by molar-refractivity contribution is 7.90. The number of ether oxygens (including phenoxy) is 1. The maximum atomic E-state index is 14.6. The Labute approximate surface area is 440 Å². The molecule has 10 atom stereocenters. The monoisotopic (exact) mass is 1090 g/mol. The van der Waals surface area contributed by atoms with Crippen molar-refractivity contribution in [2.24, 2.45) is 17.6 Å². The number of nitrogens with one attached hydrogen (secondary N) is 8. The lowest BCUT2D eigenvalue weighted by atomic mass is 9.94. The highest BCUT2D eigenvalue weighted by atomic mass is 32.2. The Morgan fingerprint density at radius 1 is 0.880 bits per heavy atom. The van der Waals surface area contributed by atoms with Gasteiger partial charge in [0.2, 0.25) is 70.0 Å². The van der Waals surface area contributed by atoms with Crippen molar-refractivity contribution in [2.75, 3.05) is 45.6 Å². The number of nitrogens with zero attached hydrogens (tertiary/aromatic N) is 2. The molecule has 0 aliphatic carbocycles. The third-order valence-electron chi connectivity index (χ3n) is 13.4.